The van der Waals surface area contributed by atoms with Gasteiger partial charge in [-0.15, -0.1) is 0 Å². The third-order valence-corrected chi connectivity index (χ3v) is 6.79. The van der Waals surface area contributed by atoms with Crippen LogP contribution in [0.15, 0.2) is 24.3 Å². The van der Waals surface area contributed by atoms with Gasteiger partial charge in [-0.25, -0.2) is 0 Å². The summed E-state index contributed by atoms with van der Waals surface area (Å²) in [6.07, 6.45) is 9.39. The number of hydrogen-bond acceptors (Lipinski definition) is 1. The fourth-order valence-electron chi connectivity index (χ4n) is 6.38. The van der Waals surface area contributed by atoms with Gasteiger partial charge < -0.3 is 5.73 Å². The second-order valence-electron chi connectivity index (χ2n) is 8.09. The molecule has 5 rings (SSSR count). The Kier molecular flexibility index (Phi) is 3.19. The van der Waals surface area contributed by atoms with E-state index in [2.05, 4.69) is 44.5 Å². The number of aryl methyl sites for hydroxylation is 1. The van der Waals surface area contributed by atoms with E-state index in [1.165, 1.54) is 37.7 Å². The molecule has 21 heavy (non-hydrogen) atoms. The van der Waals surface area contributed by atoms with Crippen molar-refractivity contribution >= 4 is 0 Å². The lowest BCUT2D eigenvalue weighted by Crippen LogP contribution is -2.58. The highest BCUT2D eigenvalue weighted by Crippen LogP contribution is 2.67. The third-order valence-electron chi connectivity index (χ3n) is 6.79. The highest BCUT2D eigenvalue weighted by molar-refractivity contribution is 5.32. The first-order chi connectivity index (χ1) is 10.1. The predicted octanol–water partition coefficient (Wildman–Crippen LogP) is 4.46. The Morgan fingerprint density at radius 2 is 1.90 bits per heavy atom. The van der Waals surface area contributed by atoms with Crippen molar-refractivity contribution < 1.29 is 0 Å². The molecular formula is C20H28N. The van der Waals surface area contributed by atoms with E-state index >= 15 is 0 Å². The Balaban J connectivity index is 1.80. The SMILES string of the molecule is C[CH]C(N)C12CC3CC(CC(C3)C1c1cccc(C)c1)C2. The van der Waals surface area contributed by atoms with Crippen molar-refractivity contribution in [2.24, 2.45) is 28.9 Å². The average molecular weight is 282 g/mol. The number of hydrogen-bond donors (Lipinski definition) is 1. The van der Waals surface area contributed by atoms with E-state index in [9.17, 15) is 0 Å². The lowest BCUT2D eigenvalue weighted by atomic mass is 9.42. The standard InChI is InChI=1S/C20H28N/c1-3-18(21)20-11-14-8-15(12-20)10-17(9-14)19(20)16-6-4-5-13(2)7-16/h3-7,14-15,17-19H,8-12,21H2,1-2H3. The minimum absolute atomic E-state index is 0.261. The summed E-state index contributed by atoms with van der Waals surface area (Å²) in [5.74, 6) is 3.48. The quantitative estimate of drug-likeness (QED) is 0.870. The Morgan fingerprint density at radius 1 is 1.19 bits per heavy atom. The summed E-state index contributed by atoms with van der Waals surface area (Å²) < 4.78 is 0. The molecule has 4 bridgehead atoms. The first-order valence-electron chi connectivity index (χ1n) is 8.74. The van der Waals surface area contributed by atoms with Crippen LogP contribution in [-0.4, -0.2) is 6.04 Å². The van der Waals surface area contributed by atoms with Gasteiger partial charge in [0.05, 0.1) is 0 Å². The summed E-state index contributed by atoms with van der Waals surface area (Å²) in [5, 5.41) is 0. The van der Waals surface area contributed by atoms with Gasteiger partial charge in [0.2, 0.25) is 0 Å². The van der Waals surface area contributed by atoms with Gasteiger partial charge in [-0.3, -0.25) is 0 Å². The summed E-state index contributed by atoms with van der Waals surface area (Å²) in [7, 11) is 0. The Morgan fingerprint density at radius 3 is 2.52 bits per heavy atom. The molecule has 2 N–H and O–H groups in total. The van der Waals surface area contributed by atoms with Gasteiger partial charge in [-0.1, -0.05) is 36.8 Å². The van der Waals surface area contributed by atoms with E-state index in [4.69, 9.17) is 5.73 Å². The minimum Gasteiger partial charge on any atom is -0.327 e. The van der Waals surface area contributed by atoms with Gasteiger partial charge in [0.1, 0.15) is 0 Å². The zero-order chi connectivity index (χ0) is 14.6. The molecule has 0 amide bonds. The Hall–Kier alpha value is -0.820. The van der Waals surface area contributed by atoms with Crippen LogP contribution < -0.4 is 5.73 Å². The summed E-state index contributed by atoms with van der Waals surface area (Å²) in [6, 6.07) is 9.51. The van der Waals surface area contributed by atoms with E-state index in [1.807, 2.05) is 0 Å². The molecule has 0 heterocycles. The van der Waals surface area contributed by atoms with Gasteiger partial charge in [0.25, 0.3) is 0 Å². The smallest absolute Gasteiger partial charge is 0.0131 e. The lowest BCUT2D eigenvalue weighted by Gasteiger charge is -2.63. The first kappa shape index (κ1) is 13.8. The molecule has 4 aliphatic rings. The molecule has 4 aliphatic carbocycles. The van der Waals surface area contributed by atoms with Gasteiger partial charge in [-0.05, 0) is 80.1 Å². The maximum Gasteiger partial charge on any atom is 0.0131 e. The van der Waals surface area contributed by atoms with Crippen LogP contribution in [-0.2, 0) is 0 Å². The van der Waals surface area contributed by atoms with Gasteiger partial charge in [0, 0.05) is 6.04 Å². The highest BCUT2D eigenvalue weighted by Gasteiger charge is 2.59. The van der Waals surface area contributed by atoms with Crippen LogP contribution in [0.2, 0.25) is 0 Å². The second-order valence-corrected chi connectivity index (χ2v) is 8.09. The normalized spacial score (nSPS) is 42.2. The second kappa shape index (κ2) is 4.84. The summed E-state index contributed by atoms with van der Waals surface area (Å²) in [5.41, 5.74) is 9.99. The van der Waals surface area contributed by atoms with Crippen molar-refractivity contribution in [3.05, 3.63) is 41.8 Å². The van der Waals surface area contributed by atoms with Crippen molar-refractivity contribution in [1.29, 1.82) is 0 Å². The maximum atomic E-state index is 6.68. The third kappa shape index (κ3) is 2.00. The first-order valence-corrected chi connectivity index (χ1v) is 8.74. The molecule has 0 aromatic heterocycles. The fourth-order valence-corrected chi connectivity index (χ4v) is 6.38. The van der Waals surface area contributed by atoms with E-state index in [0.717, 1.165) is 17.8 Å². The molecule has 113 valence electrons. The van der Waals surface area contributed by atoms with Crippen LogP contribution in [0.3, 0.4) is 0 Å². The van der Waals surface area contributed by atoms with E-state index in [-0.39, 0.29) is 6.04 Å². The van der Waals surface area contributed by atoms with Crippen molar-refractivity contribution in [3.8, 4) is 0 Å². The topological polar surface area (TPSA) is 26.0 Å². The Labute approximate surface area is 129 Å². The van der Waals surface area contributed by atoms with Crippen molar-refractivity contribution in [2.45, 2.75) is 57.9 Å². The maximum absolute atomic E-state index is 6.68. The van der Waals surface area contributed by atoms with Crippen LogP contribution in [0.1, 0.15) is 56.1 Å². The molecule has 0 saturated heterocycles. The summed E-state index contributed by atoms with van der Waals surface area (Å²) in [6.45, 7) is 4.38. The Bertz CT molecular complexity index is 520. The molecular weight excluding hydrogens is 254 g/mol. The molecule has 0 aliphatic heterocycles. The molecule has 4 fully saturated rings. The number of benzene rings is 1. The molecule has 1 radical (unpaired) electrons. The van der Waals surface area contributed by atoms with Crippen LogP contribution >= 0.6 is 0 Å². The molecule has 4 atom stereocenters. The van der Waals surface area contributed by atoms with Gasteiger partial charge in [-0.2, -0.15) is 0 Å². The molecule has 4 saturated carbocycles. The predicted molar refractivity (Wildman–Crippen MR) is 87.9 cm³/mol. The van der Waals surface area contributed by atoms with Crippen LogP contribution in [0.4, 0.5) is 0 Å². The lowest BCUT2D eigenvalue weighted by molar-refractivity contribution is -0.0841. The largest absolute Gasteiger partial charge is 0.327 e. The molecule has 1 aromatic rings. The average Bonchev–Trinajstić information content (AvgIpc) is 2.45. The molecule has 1 nitrogen and oxygen atoms in total. The summed E-state index contributed by atoms with van der Waals surface area (Å²) in [4.78, 5) is 0. The zero-order valence-electron chi connectivity index (χ0n) is 13.4. The van der Waals surface area contributed by atoms with E-state index < -0.39 is 0 Å². The number of nitrogens with two attached hydrogens (primary N) is 1. The zero-order valence-corrected chi connectivity index (χ0v) is 13.4. The van der Waals surface area contributed by atoms with Crippen LogP contribution in [0.25, 0.3) is 0 Å². The van der Waals surface area contributed by atoms with Gasteiger partial charge >= 0.3 is 0 Å². The summed E-state index contributed by atoms with van der Waals surface area (Å²) >= 11 is 0. The molecule has 0 spiro atoms. The fraction of sp³-hybridized carbons (Fsp3) is 0.650. The van der Waals surface area contributed by atoms with Crippen LogP contribution in [0, 0.1) is 36.5 Å². The molecule has 1 aromatic carbocycles. The van der Waals surface area contributed by atoms with E-state index in [0.29, 0.717) is 11.3 Å². The van der Waals surface area contributed by atoms with Crippen molar-refractivity contribution in [1.82, 2.24) is 0 Å². The van der Waals surface area contributed by atoms with Gasteiger partial charge in [0.15, 0.2) is 0 Å². The van der Waals surface area contributed by atoms with Crippen molar-refractivity contribution in [2.75, 3.05) is 0 Å². The van der Waals surface area contributed by atoms with Crippen LogP contribution in [0.5, 0.6) is 0 Å². The van der Waals surface area contributed by atoms with Crippen molar-refractivity contribution in [3.63, 3.8) is 0 Å². The monoisotopic (exact) mass is 282 g/mol. The minimum atomic E-state index is 0.261. The number of rotatable bonds is 3. The molecule has 4 unspecified atom stereocenters. The highest BCUT2D eigenvalue weighted by atomic mass is 14.8. The molecule has 1 heteroatoms. The van der Waals surface area contributed by atoms with E-state index in [1.54, 1.807) is 5.56 Å².